The van der Waals surface area contributed by atoms with Gasteiger partial charge in [-0.15, -0.1) is 12.8 Å². The molecule has 0 atom stereocenters. The lowest BCUT2D eigenvalue weighted by molar-refractivity contribution is 1.58. The molecule has 11 heavy (non-hydrogen) atoms. The first-order valence-corrected chi connectivity index (χ1v) is 3.24. The van der Waals surface area contributed by atoms with Crippen LogP contribution in [0.1, 0.15) is 6.92 Å². The standard InChI is InChI=1S/C11H10/c1-4-6-7-8-9-10-11(3)5-2/h1-2,6-10H,3H3/b7-6+,9-8+,11-10+. The van der Waals surface area contributed by atoms with Crippen LogP contribution in [-0.4, -0.2) is 0 Å². The molecule has 54 valence electrons. The number of hydrogen-bond acceptors (Lipinski definition) is 0. The van der Waals surface area contributed by atoms with Gasteiger partial charge in [-0.05, 0) is 18.6 Å². The maximum absolute atomic E-state index is 5.11. The smallest absolute Gasteiger partial charge is 0.00135 e. The fourth-order valence-corrected chi connectivity index (χ4v) is 0.423. The lowest BCUT2D eigenvalue weighted by Crippen LogP contribution is -1.62. The maximum atomic E-state index is 5.11. The van der Waals surface area contributed by atoms with Crippen LogP contribution in [0, 0.1) is 24.7 Å². The maximum Gasteiger partial charge on any atom is -0.00135 e. The van der Waals surface area contributed by atoms with Crippen molar-refractivity contribution in [3.05, 3.63) is 36.0 Å². The fraction of sp³-hybridized carbons (Fsp3) is 0.0909. The minimum absolute atomic E-state index is 0.898. The molecule has 0 N–H and O–H groups in total. The van der Waals surface area contributed by atoms with Gasteiger partial charge < -0.3 is 0 Å². The highest BCUT2D eigenvalue weighted by Gasteiger charge is 1.71. The van der Waals surface area contributed by atoms with E-state index in [0.717, 1.165) is 5.57 Å². The molecule has 0 unspecified atom stereocenters. The zero-order valence-electron chi connectivity index (χ0n) is 6.54. The van der Waals surface area contributed by atoms with Gasteiger partial charge in [-0.3, -0.25) is 0 Å². The van der Waals surface area contributed by atoms with Crippen LogP contribution < -0.4 is 0 Å². The zero-order chi connectivity index (χ0) is 8.53. The predicted molar refractivity (Wildman–Crippen MR) is 49.7 cm³/mol. The largest absolute Gasteiger partial charge is 0.115 e. The van der Waals surface area contributed by atoms with Gasteiger partial charge in [0.25, 0.3) is 0 Å². The first kappa shape index (κ1) is 9.34. The van der Waals surface area contributed by atoms with Crippen molar-refractivity contribution in [2.24, 2.45) is 0 Å². The van der Waals surface area contributed by atoms with Crippen molar-refractivity contribution < 1.29 is 0 Å². The second-order valence-electron chi connectivity index (χ2n) is 1.90. The van der Waals surface area contributed by atoms with Crippen molar-refractivity contribution in [1.29, 1.82) is 0 Å². The highest BCUT2D eigenvalue weighted by molar-refractivity contribution is 5.28. The molecule has 0 nitrogen and oxygen atoms in total. The molecular formula is C11H10. The molecule has 0 aromatic heterocycles. The third kappa shape index (κ3) is 6.22. The Kier molecular flexibility index (Phi) is 5.49. The van der Waals surface area contributed by atoms with Gasteiger partial charge in [0.1, 0.15) is 0 Å². The van der Waals surface area contributed by atoms with Gasteiger partial charge in [0.2, 0.25) is 0 Å². The van der Waals surface area contributed by atoms with Gasteiger partial charge >= 0.3 is 0 Å². The Morgan fingerprint density at radius 2 is 1.91 bits per heavy atom. The molecule has 0 aromatic carbocycles. The van der Waals surface area contributed by atoms with Crippen LogP contribution in [-0.2, 0) is 0 Å². The van der Waals surface area contributed by atoms with E-state index in [1.54, 1.807) is 12.2 Å². The summed E-state index contributed by atoms with van der Waals surface area (Å²) in [5.41, 5.74) is 0.898. The van der Waals surface area contributed by atoms with E-state index >= 15 is 0 Å². The van der Waals surface area contributed by atoms with E-state index in [1.807, 2.05) is 25.2 Å². The minimum atomic E-state index is 0.898. The second kappa shape index (κ2) is 6.46. The van der Waals surface area contributed by atoms with Crippen molar-refractivity contribution in [2.75, 3.05) is 0 Å². The third-order valence-electron chi connectivity index (χ3n) is 0.989. The summed E-state index contributed by atoms with van der Waals surface area (Å²) in [6, 6.07) is 0. The van der Waals surface area contributed by atoms with Crippen LogP contribution in [0.15, 0.2) is 36.0 Å². The van der Waals surface area contributed by atoms with Crippen LogP contribution >= 0.6 is 0 Å². The molecule has 0 aromatic rings. The van der Waals surface area contributed by atoms with Crippen LogP contribution in [0.5, 0.6) is 0 Å². The quantitative estimate of drug-likeness (QED) is 0.410. The highest BCUT2D eigenvalue weighted by atomic mass is 13.8. The minimum Gasteiger partial charge on any atom is -0.115 e. The molecule has 0 aliphatic rings. The topological polar surface area (TPSA) is 0 Å². The van der Waals surface area contributed by atoms with Crippen LogP contribution in [0.4, 0.5) is 0 Å². The van der Waals surface area contributed by atoms with E-state index in [9.17, 15) is 0 Å². The zero-order valence-corrected chi connectivity index (χ0v) is 6.54. The molecule has 0 radical (unpaired) electrons. The number of hydrogen-bond donors (Lipinski definition) is 0. The van der Waals surface area contributed by atoms with E-state index in [1.165, 1.54) is 0 Å². The number of rotatable bonds is 2. The average Bonchev–Trinajstić information content (AvgIpc) is 2.04. The Labute approximate surface area is 68.3 Å². The lowest BCUT2D eigenvalue weighted by atomic mass is 10.3. The van der Waals surface area contributed by atoms with Gasteiger partial charge in [0.15, 0.2) is 0 Å². The summed E-state index contributed by atoms with van der Waals surface area (Å²) in [6.07, 6.45) is 19.0. The molecule has 0 saturated heterocycles. The summed E-state index contributed by atoms with van der Waals surface area (Å²) in [5, 5.41) is 0. The molecule has 0 heteroatoms. The second-order valence-corrected chi connectivity index (χ2v) is 1.90. The van der Waals surface area contributed by atoms with Gasteiger partial charge in [0.05, 0.1) is 0 Å². The Balaban J connectivity index is 3.91. The molecule has 0 aliphatic carbocycles. The fourth-order valence-electron chi connectivity index (χ4n) is 0.423. The first-order valence-electron chi connectivity index (χ1n) is 3.24. The monoisotopic (exact) mass is 142 g/mol. The molecule has 0 bridgehead atoms. The van der Waals surface area contributed by atoms with Crippen molar-refractivity contribution in [3.63, 3.8) is 0 Å². The molecule has 0 amide bonds. The highest BCUT2D eigenvalue weighted by Crippen LogP contribution is 1.89. The summed E-state index contributed by atoms with van der Waals surface area (Å²) in [4.78, 5) is 0. The number of allylic oxidation sites excluding steroid dienone is 6. The van der Waals surface area contributed by atoms with E-state index in [0.29, 0.717) is 0 Å². The van der Waals surface area contributed by atoms with Crippen molar-refractivity contribution >= 4 is 0 Å². The SMILES string of the molecule is C#C/C=C/C=C/C=C(\C)C#C. The van der Waals surface area contributed by atoms with E-state index < -0.39 is 0 Å². The molecule has 0 heterocycles. The van der Waals surface area contributed by atoms with Crippen molar-refractivity contribution in [3.8, 4) is 24.7 Å². The van der Waals surface area contributed by atoms with E-state index in [-0.39, 0.29) is 0 Å². The Hall–Kier alpha value is -1.66. The molecular weight excluding hydrogens is 132 g/mol. The molecule has 0 fully saturated rings. The summed E-state index contributed by atoms with van der Waals surface area (Å²) in [7, 11) is 0. The van der Waals surface area contributed by atoms with Gasteiger partial charge in [0, 0.05) is 0 Å². The van der Waals surface area contributed by atoms with Crippen molar-refractivity contribution in [1.82, 2.24) is 0 Å². The first-order chi connectivity index (χ1) is 5.31. The molecule has 0 aliphatic heterocycles. The third-order valence-corrected chi connectivity index (χ3v) is 0.989. The summed E-state index contributed by atoms with van der Waals surface area (Å²) in [5.74, 6) is 4.88. The summed E-state index contributed by atoms with van der Waals surface area (Å²) >= 11 is 0. The Bertz CT molecular complexity index is 261. The van der Waals surface area contributed by atoms with Crippen molar-refractivity contribution in [2.45, 2.75) is 6.92 Å². The number of terminal acetylenes is 2. The summed E-state index contributed by atoms with van der Waals surface area (Å²) in [6.45, 7) is 1.87. The molecule has 0 saturated carbocycles. The molecule has 0 rings (SSSR count). The molecule has 0 spiro atoms. The van der Waals surface area contributed by atoms with Gasteiger partial charge in [-0.2, -0.15) is 0 Å². The normalized spacial score (nSPS) is 11.7. The van der Waals surface area contributed by atoms with Gasteiger partial charge in [-0.25, -0.2) is 0 Å². The van der Waals surface area contributed by atoms with E-state index in [2.05, 4.69) is 11.8 Å². The summed E-state index contributed by atoms with van der Waals surface area (Å²) < 4.78 is 0. The van der Waals surface area contributed by atoms with E-state index in [4.69, 9.17) is 12.8 Å². The van der Waals surface area contributed by atoms with Crippen LogP contribution in [0.2, 0.25) is 0 Å². The lowest BCUT2D eigenvalue weighted by Gasteiger charge is -1.79. The average molecular weight is 142 g/mol. The van der Waals surface area contributed by atoms with Gasteiger partial charge in [-0.1, -0.05) is 36.1 Å². The predicted octanol–water partition coefficient (Wildman–Crippen LogP) is 2.31. The Morgan fingerprint density at radius 1 is 1.18 bits per heavy atom. The van der Waals surface area contributed by atoms with Crippen LogP contribution in [0.25, 0.3) is 0 Å². The Morgan fingerprint density at radius 3 is 2.45 bits per heavy atom. The van der Waals surface area contributed by atoms with Crippen LogP contribution in [0.3, 0.4) is 0 Å².